The molecular formula is C17H24N6O2S. The van der Waals surface area contributed by atoms with E-state index in [2.05, 4.69) is 27.3 Å². The van der Waals surface area contributed by atoms with Crippen LogP contribution in [0.25, 0.3) is 0 Å². The van der Waals surface area contributed by atoms with Gasteiger partial charge in [-0.25, -0.2) is 4.68 Å². The Morgan fingerprint density at radius 3 is 2.85 bits per heavy atom. The first-order valence-electron chi connectivity index (χ1n) is 9.04. The molecule has 8 nitrogen and oxygen atoms in total. The molecule has 0 radical (unpaired) electrons. The Labute approximate surface area is 156 Å². The smallest absolute Gasteiger partial charge is 0.292 e. The molecule has 2 N–H and O–H groups in total. The van der Waals surface area contributed by atoms with Crippen LogP contribution in [0.4, 0.5) is 5.95 Å². The van der Waals surface area contributed by atoms with Crippen LogP contribution in [0, 0.1) is 10.1 Å². The van der Waals surface area contributed by atoms with Crippen molar-refractivity contribution in [3.05, 3.63) is 46.0 Å². The highest BCUT2D eigenvalue weighted by Crippen LogP contribution is 2.32. The minimum Gasteiger partial charge on any atom is -0.363 e. The number of thioether (sulfide) groups is 1. The third-order valence-corrected chi connectivity index (χ3v) is 5.27. The molecule has 3 rings (SSSR count). The molecule has 1 aliphatic heterocycles. The Hall–Kier alpha value is -2.29. The topological polar surface area (TPSA) is 102 Å². The van der Waals surface area contributed by atoms with Gasteiger partial charge in [0.1, 0.15) is 0 Å². The van der Waals surface area contributed by atoms with E-state index in [9.17, 15) is 10.1 Å². The highest BCUT2D eigenvalue weighted by atomic mass is 32.2. The molecule has 3 heterocycles. The van der Waals surface area contributed by atoms with Gasteiger partial charge in [0.15, 0.2) is 6.04 Å². The zero-order valence-electron chi connectivity index (χ0n) is 14.9. The summed E-state index contributed by atoms with van der Waals surface area (Å²) in [6.07, 6.45) is 10.6. The first-order valence-corrected chi connectivity index (χ1v) is 10.0. The summed E-state index contributed by atoms with van der Waals surface area (Å²) >= 11 is 1.60. The quantitative estimate of drug-likeness (QED) is 0.279. The third kappa shape index (κ3) is 4.27. The average molecular weight is 376 g/mol. The van der Waals surface area contributed by atoms with Gasteiger partial charge >= 0.3 is 0 Å². The molecular weight excluding hydrogens is 352 g/mol. The second kappa shape index (κ2) is 8.88. The summed E-state index contributed by atoms with van der Waals surface area (Å²) in [7, 11) is 0. The van der Waals surface area contributed by atoms with Crippen molar-refractivity contribution in [1.29, 1.82) is 0 Å². The second-order valence-corrected chi connectivity index (χ2v) is 7.34. The zero-order chi connectivity index (χ0) is 18.4. The summed E-state index contributed by atoms with van der Waals surface area (Å²) in [5.41, 5.74) is 0.755. The summed E-state index contributed by atoms with van der Waals surface area (Å²) in [4.78, 5) is 18.6. The van der Waals surface area contributed by atoms with Gasteiger partial charge in [-0.1, -0.05) is 50.8 Å². The molecule has 2 aromatic heterocycles. The molecule has 0 aromatic carbocycles. The van der Waals surface area contributed by atoms with E-state index in [-0.39, 0.29) is 10.6 Å². The van der Waals surface area contributed by atoms with Gasteiger partial charge < -0.3 is 10.3 Å². The number of fused-ring (bicyclic) bond motifs is 1. The molecule has 1 aliphatic rings. The maximum absolute atomic E-state index is 11.4. The van der Waals surface area contributed by atoms with Gasteiger partial charge in [0.25, 0.3) is 5.70 Å². The highest BCUT2D eigenvalue weighted by molar-refractivity contribution is 7.99. The number of anilines is 1. The average Bonchev–Trinajstić information content (AvgIpc) is 3.29. The van der Waals surface area contributed by atoms with E-state index in [0.29, 0.717) is 16.8 Å². The van der Waals surface area contributed by atoms with Gasteiger partial charge in [0, 0.05) is 11.9 Å². The Bertz CT molecular complexity index is 755. The molecule has 1 unspecified atom stereocenters. The SMILES string of the molecule is CCCCCCCCSc1nc2n(n1)C(c1ccc[nH]1)C([N+](=O)[O-])=CN2. The number of allylic oxidation sites excluding steroid dienone is 1. The lowest BCUT2D eigenvalue weighted by Gasteiger charge is -2.19. The number of unbranched alkanes of at least 4 members (excludes halogenated alkanes) is 5. The molecule has 0 fully saturated rings. The van der Waals surface area contributed by atoms with Crippen molar-refractivity contribution in [3.63, 3.8) is 0 Å². The van der Waals surface area contributed by atoms with Gasteiger partial charge in [-0.2, -0.15) is 4.98 Å². The maximum Gasteiger partial charge on any atom is 0.292 e. The van der Waals surface area contributed by atoms with E-state index in [1.807, 2.05) is 12.1 Å². The minimum absolute atomic E-state index is 0.0392. The van der Waals surface area contributed by atoms with Crippen molar-refractivity contribution in [3.8, 4) is 0 Å². The van der Waals surface area contributed by atoms with Crippen molar-refractivity contribution < 1.29 is 4.92 Å². The van der Waals surface area contributed by atoms with Gasteiger partial charge in [-0.3, -0.25) is 10.1 Å². The molecule has 26 heavy (non-hydrogen) atoms. The first kappa shape index (κ1) is 18.5. The van der Waals surface area contributed by atoms with Crippen molar-refractivity contribution in [2.45, 2.75) is 56.6 Å². The Balaban J connectivity index is 1.64. The van der Waals surface area contributed by atoms with Crippen LogP contribution < -0.4 is 5.32 Å². The van der Waals surface area contributed by atoms with Crippen LogP contribution in [0.3, 0.4) is 0 Å². The summed E-state index contributed by atoms with van der Waals surface area (Å²) in [5.74, 6) is 1.48. The van der Waals surface area contributed by atoms with Crippen molar-refractivity contribution in [2.75, 3.05) is 11.1 Å². The maximum atomic E-state index is 11.4. The number of aromatic amines is 1. The zero-order valence-corrected chi connectivity index (χ0v) is 15.7. The summed E-state index contributed by atoms with van der Waals surface area (Å²) in [5, 5.41) is 19.5. The van der Waals surface area contributed by atoms with Crippen LogP contribution in [-0.2, 0) is 0 Å². The number of nitrogens with one attached hydrogen (secondary N) is 2. The number of H-pyrrole nitrogens is 1. The lowest BCUT2D eigenvalue weighted by molar-refractivity contribution is -0.431. The van der Waals surface area contributed by atoms with E-state index >= 15 is 0 Å². The highest BCUT2D eigenvalue weighted by Gasteiger charge is 2.35. The van der Waals surface area contributed by atoms with Crippen molar-refractivity contribution in [1.82, 2.24) is 19.7 Å². The number of nitro groups is 1. The van der Waals surface area contributed by atoms with Gasteiger partial charge in [-0.05, 0) is 18.6 Å². The molecule has 9 heteroatoms. The van der Waals surface area contributed by atoms with E-state index in [1.165, 1.54) is 38.3 Å². The lowest BCUT2D eigenvalue weighted by atomic mass is 10.1. The van der Waals surface area contributed by atoms with Gasteiger partial charge in [0.2, 0.25) is 11.1 Å². The van der Waals surface area contributed by atoms with Crippen LogP contribution in [0.1, 0.15) is 57.2 Å². The monoisotopic (exact) mass is 376 g/mol. The van der Waals surface area contributed by atoms with Crippen molar-refractivity contribution in [2.24, 2.45) is 0 Å². The Kier molecular flexibility index (Phi) is 6.32. The van der Waals surface area contributed by atoms with Crippen LogP contribution >= 0.6 is 11.8 Å². The molecule has 1 atom stereocenters. The lowest BCUT2D eigenvalue weighted by Crippen LogP contribution is -2.25. The fourth-order valence-electron chi connectivity index (χ4n) is 2.99. The molecule has 0 amide bonds. The molecule has 0 saturated carbocycles. The van der Waals surface area contributed by atoms with Crippen molar-refractivity contribution >= 4 is 17.7 Å². The molecule has 0 saturated heterocycles. The molecule has 0 bridgehead atoms. The number of hydrogen-bond acceptors (Lipinski definition) is 6. The van der Waals surface area contributed by atoms with Crippen LogP contribution in [0.2, 0.25) is 0 Å². The van der Waals surface area contributed by atoms with E-state index < -0.39 is 6.04 Å². The Morgan fingerprint density at radius 2 is 2.12 bits per heavy atom. The summed E-state index contributed by atoms with van der Waals surface area (Å²) in [6.45, 7) is 2.22. The Morgan fingerprint density at radius 1 is 1.31 bits per heavy atom. The first-order chi connectivity index (χ1) is 12.7. The molecule has 0 aliphatic carbocycles. The largest absolute Gasteiger partial charge is 0.363 e. The fraction of sp³-hybridized carbons (Fsp3) is 0.529. The van der Waals surface area contributed by atoms with Crippen LogP contribution in [-0.4, -0.2) is 30.4 Å². The second-order valence-electron chi connectivity index (χ2n) is 6.28. The van der Waals surface area contributed by atoms with E-state index in [1.54, 1.807) is 22.6 Å². The van der Waals surface area contributed by atoms with Crippen LogP contribution in [0.15, 0.2) is 35.4 Å². The number of rotatable bonds is 10. The number of aromatic nitrogens is 4. The fourth-order valence-corrected chi connectivity index (χ4v) is 3.82. The standard InChI is InChI=1S/C17H24N6O2S/c1-2-3-4-5-6-7-11-26-17-20-16-19-12-14(23(24)25)15(22(16)21-17)13-9-8-10-18-13/h8-10,12,15,18H,2-7,11H2,1H3,(H,19,20,21). The van der Waals surface area contributed by atoms with Gasteiger partial charge in [-0.15, -0.1) is 5.10 Å². The third-order valence-electron chi connectivity index (χ3n) is 4.34. The molecule has 140 valence electrons. The van der Waals surface area contributed by atoms with Crippen LogP contribution in [0.5, 0.6) is 0 Å². The summed E-state index contributed by atoms with van der Waals surface area (Å²) < 4.78 is 1.59. The van der Waals surface area contributed by atoms with E-state index in [4.69, 9.17) is 0 Å². The number of hydrogen-bond donors (Lipinski definition) is 2. The summed E-state index contributed by atoms with van der Waals surface area (Å²) in [6, 6.07) is 3.04. The van der Waals surface area contributed by atoms with Gasteiger partial charge in [0.05, 0.1) is 16.8 Å². The van der Waals surface area contributed by atoms with E-state index in [0.717, 1.165) is 12.2 Å². The number of nitrogens with zero attached hydrogens (tertiary/aromatic N) is 4. The molecule has 0 spiro atoms. The minimum atomic E-state index is -0.604. The predicted molar refractivity (Wildman–Crippen MR) is 102 cm³/mol. The molecule has 2 aromatic rings. The predicted octanol–water partition coefficient (Wildman–Crippen LogP) is 4.19. The normalized spacial score (nSPS) is 16.0.